The summed E-state index contributed by atoms with van der Waals surface area (Å²) in [5.74, 6) is 2.63. The van der Waals surface area contributed by atoms with Gasteiger partial charge in [0.25, 0.3) is 0 Å². The third-order valence-corrected chi connectivity index (χ3v) is 5.11. The molecule has 0 spiro atoms. The highest BCUT2D eigenvalue weighted by Crippen LogP contribution is 2.09. The first-order valence-electron chi connectivity index (χ1n) is 8.37. The third kappa shape index (κ3) is 6.44. The maximum atomic E-state index is 11.8. The lowest BCUT2D eigenvalue weighted by molar-refractivity contribution is -0.119. The molecule has 0 aromatic carbocycles. The van der Waals surface area contributed by atoms with Gasteiger partial charge in [-0.25, -0.2) is 4.99 Å². The number of likely N-dealkylation sites (tertiary alicyclic amines) is 1. The van der Waals surface area contributed by atoms with Crippen molar-refractivity contribution < 1.29 is 4.79 Å². The molecule has 0 bridgehead atoms. The van der Waals surface area contributed by atoms with E-state index in [0.717, 1.165) is 44.2 Å². The van der Waals surface area contributed by atoms with Crippen molar-refractivity contribution in [2.75, 3.05) is 57.3 Å². The number of amides is 1. The molecule has 0 radical (unpaired) electrons. The van der Waals surface area contributed by atoms with Gasteiger partial charge in [0.05, 0.1) is 0 Å². The zero-order valence-corrected chi connectivity index (χ0v) is 14.2. The predicted octanol–water partition coefficient (Wildman–Crippen LogP) is 0.342. The molecule has 2 aliphatic rings. The molecule has 2 fully saturated rings. The molecule has 0 atom stereocenters. The molecule has 0 unspecified atom stereocenters. The molecule has 2 saturated heterocycles. The Labute approximate surface area is 137 Å². The van der Waals surface area contributed by atoms with E-state index in [1.165, 1.54) is 25.7 Å². The molecule has 7 heteroatoms. The lowest BCUT2D eigenvalue weighted by Crippen LogP contribution is -2.43. The minimum absolute atomic E-state index is 0.0378. The molecule has 0 aromatic heterocycles. The lowest BCUT2D eigenvalue weighted by atomic mass is 10.2. The first-order valence-corrected chi connectivity index (χ1v) is 9.53. The van der Waals surface area contributed by atoms with Crippen LogP contribution in [0.15, 0.2) is 4.99 Å². The van der Waals surface area contributed by atoms with E-state index in [1.54, 1.807) is 0 Å². The van der Waals surface area contributed by atoms with Gasteiger partial charge in [-0.15, -0.1) is 0 Å². The largest absolute Gasteiger partial charge is 0.370 e. The van der Waals surface area contributed by atoms with Gasteiger partial charge in [-0.05, 0) is 25.9 Å². The molecule has 2 aliphatic heterocycles. The Balaban J connectivity index is 1.60. The Kier molecular flexibility index (Phi) is 7.87. The highest BCUT2D eigenvalue weighted by molar-refractivity contribution is 7.99. The topological polar surface area (TPSA) is 74.0 Å². The average molecular weight is 327 g/mol. The third-order valence-electron chi connectivity index (χ3n) is 4.17. The summed E-state index contributed by atoms with van der Waals surface area (Å²) in [6.45, 7) is 5.95. The Hall–Kier alpha value is -0.950. The van der Waals surface area contributed by atoms with Gasteiger partial charge in [-0.3, -0.25) is 4.79 Å². The fraction of sp³-hybridized carbons (Fsp3) is 0.867. The summed E-state index contributed by atoms with van der Waals surface area (Å²) < 4.78 is 0. The van der Waals surface area contributed by atoms with Crippen LogP contribution in [-0.2, 0) is 4.79 Å². The minimum Gasteiger partial charge on any atom is -0.370 e. The smallest absolute Gasteiger partial charge is 0.241 e. The van der Waals surface area contributed by atoms with Crippen molar-refractivity contribution in [2.45, 2.75) is 25.7 Å². The van der Waals surface area contributed by atoms with Crippen LogP contribution >= 0.6 is 11.8 Å². The van der Waals surface area contributed by atoms with Crippen molar-refractivity contribution in [1.82, 2.24) is 15.1 Å². The number of carbonyl (C=O) groups excluding carboxylic acids is 1. The molecule has 0 saturated carbocycles. The summed E-state index contributed by atoms with van der Waals surface area (Å²) in [4.78, 5) is 20.5. The molecule has 0 aromatic rings. The van der Waals surface area contributed by atoms with Crippen molar-refractivity contribution in [2.24, 2.45) is 10.7 Å². The molecule has 22 heavy (non-hydrogen) atoms. The summed E-state index contributed by atoms with van der Waals surface area (Å²) in [6, 6.07) is 0. The monoisotopic (exact) mass is 327 g/mol. The van der Waals surface area contributed by atoms with E-state index in [1.807, 2.05) is 11.8 Å². The average Bonchev–Trinajstić information content (AvgIpc) is 2.82. The highest BCUT2D eigenvalue weighted by Gasteiger charge is 2.13. The van der Waals surface area contributed by atoms with E-state index >= 15 is 0 Å². The van der Waals surface area contributed by atoms with E-state index in [9.17, 15) is 4.79 Å². The van der Waals surface area contributed by atoms with Crippen LogP contribution in [0.3, 0.4) is 0 Å². The number of hydrogen-bond donors (Lipinski definition) is 2. The molecule has 6 nitrogen and oxygen atoms in total. The first kappa shape index (κ1) is 17.4. The molecule has 0 aliphatic carbocycles. The van der Waals surface area contributed by atoms with Gasteiger partial charge in [0.2, 0.25) is 5.91 Å². The Morgan fingerprint density at radius 2 is 1.77 bits per heavy atom. The summed E-state index contributed by atoms with van der Waals surface area (Å²) in [7, 11) is 0. The normalized spacial score (nSPS) is 21.5. The van der Waals surface area contributed by atoms with Gasteiger partial charge in [-0.2, -0.15) is 11.8 Å². The van der Waals surface area contributed by atoms with Crippen LogP contribution in [0, 0.1) is 0 Å². The number of hydrogen-bond acceptors (Lipinski definition) is 4. The van der Waals surface area contributed by atoms with Gasteiger partial charge in [0.1, 0.15) is 6.54 Å². The van der Waals surface area contributed by atoms with Crippen molar-refractivity contribution in [3.05, 3.63) is 0 Å². The zero-order valence-electron chi connectivity index (χ0n) is 13.4. The van der Waals surface area contributed by atoms with Crippen LogP contribution in [0.1, 0.15) is 25.7 Å². The van der Waals surface area contributed by atoms with Gasteiger partial charge in [-0.1, -0.05) is 12.8 Å². The summed E-state index contributed by atoms with van der Waals surface area (Å²) in [5, 5.41) is 2.94. The number of nitrogens with zero attached hydrogens (tertiary/aromatic N) is 3. The molecule has 2 rings (SSSR count). The van der Waals surface area contributed by atoms with E-state index in [2.05, 4.69) is 20.1 Å². The van der Waals surface area contributed by atoms with E-state index in [4.69, 9.17) is 5.73 Å². The summed E-state index contributed by atoms with van der Waals surface area (Å²) in [6.07, 6.45) is 5.24. The molecule has 2 heterocycles. The summed E-state index contributed by atoms with van der Waals surface area (Å²) >= 11 is 1.93. The Morgan fingerprint density at radius 1 is 1.09 bits per heavy atom. The van der Waals surface area contributed by atoms with Crippen molar-refractivity contribution in [3.63, 3.8) is 0 Å². The van der Waals surface area contributed by atoms with Crippen LogP contribution in [0.5, 0.6) is 0 Å². The molecule has 1 amide bonds. The van der Waals surface area contributed by atoms with Crippen LogP contribution in [0.4, 0.5) is 0 Å². The zero-order chi connectivity index (χ0) is 15.6. The maximum Gasteiger partial charge on any atom is 0.241 e. The molecule has 3 N–H and O–H groups in total. The summed E-state index contributed by atoms with van der Waals surface area (Å²) in [5.41, 5.74) is 5.94. The van der Waals surface area contributed by atoms with Gasteiger partial charge in [0.15, 0.2) is 5.96 Å². The second kappa shape index (κ2) is 9.94. The quantitative estimate of drug-likeness (QED) is 0.563. The van der Waals surface area contributed by atoms with Crippen molar-refractivity contribution in [1.29, 1.82) is 0 Å². The van der Waals surface area contributed by atoms with E-state index in [-0.39, 0.29) is 12.5 Å². The predicted molar refractivity (Wildman–Crippen MR) is 93.3 cm³/mol. The number of nitrogens with one attached hydrogen (secondary N) is 1. The van der Waals surface area contributed by atoms with Crippen LogP contribution in [-0.4, -0.2) is 79.0 Å². The SMILES string of the molecule is NC(=NCC(=O)NCCN1CCCCCC1)N1CCSCC1. The number of nitrogens with two attached hydrogens (primary N) is 1. The number of thioether (sulfide) groups is 1. The molecular formula is C15H29N5OS. The second-order valence-corrected chi connectivity index (χ2v) is 7.10. The number of aliphatic imine (C=N–C) groups is 1. The standard InChI is InChI=1S/C15H29N5OS/c16-15(20-9-11-22-12-10-20)18-13-14(21)17-5-8-19-6-3-1-2-4-7-19/h1-13H2,(H2,16,18)(H,17,21). The van der Waals surface area contributed by atoms with Crippen molar-refractivity contribution in [3.8, 4) is 0 Å². The van der Waals surface area contributed by atoms with E-state index in [0.29, 0.717) is 12.5 Å². The highest BCUT2D eigenvalue weighted by atomic mass is 32.2. The van der Waals surface area contributed by atoms with Gasteiger partial charge in [0, 0.05) is 37.7 Å². The Bertz CT molecular complexity index is 363. The van der Waals surface area contributed by atoms with Gasteiger partial charge < -0.3 is 20.9 Å². The first-order chi connectivity index (χ1) is 10.8. The minimum atomic E-state index is -0.0378. The number of guanidine groups is 1. The second-order valence-electron chi connectivity index (χ2n) is 5.88. The fourth-order valence-corrected chi connectivity index (χ4v) is 3.72. The Morgan fingerprint density at radius 3 is 2.45 bits per heavy atom. The van der Waals surface area contributed by atoms with Gasteiger partial charge >= 0.3 is 0 Å². The van der Waals surface area contributed by atoms with Crippen LogP contribution in [0.25, 0.3) is 0 Å². The van der Waals surface area contributed by atoms with Crippen molar-refractivity contribution >= 4 is 23.6 Å². The van der Waals surface area contributed by atoms with Crippen LogP contribution < -0.4 is 11.1 Å². The number of carbonyl (C=O) groups is 1. The van der Waals surface area contributed by atoms with Crippen LogP contribution in [0.2, 0.25) is 0 Å². The fourth-order valence-electron chi connectivity index (χ4n) is 2.81. The van der Waals surface area contributed by atoms with E-state index < -0.39 is 0 Å². The number of rotatable bonds is 5. The molecular weight excluding hydrogens is 298 g/mol. The lowest BCUT2D eigenvalue weighted by Gasteiger charge is -2.27. The maximum absolute atomic E-state index is 11.8. The molecule has 126 valence electrons.